The summed E-state index contributed by atoms with van der Waals surface area (Å²) in [6, 6.07) is 11.5. The van der Waals surface area contributed by atoms with Gasteiger partial charge in [0.2, 0.25) is 0 Å². The van der Waals surface area contributed by atoms with Crippen LogP contribution in [0, 0.1) is 5.82 Å². The van der Waals surface area contributed by atoms with Gasteiger partial charge in [-0.15, -0.1) is 12.4 Å². The van der Waals surface area contributed by atoms with Gasteiger partial charge in [0, 0.05) is 31.6 Å². The first-order chi connectivity index (χ1) is 12.7. The van der Waals surface area contributed by atoms with Crippen molar-refractivity contribution in [3.05, 3.63) is 59.4 Å². The van der Waals surface area contributed by atoms with E-state index in [1.54, 1.807) is 29.2 Å². The second-order valence-electron chi connectivity index (χ2n) is 6.49. The van der Waals surface area contributed by atoms with Gasteiger partial charge in [0.05, 0.1) is 19.3 Å². The number of amides is 1. The molecule has 0 spiro atoms. The maximum atomic E-state index is 13.6. The van der Waals surface area contributed by atoms with Gasteiger partial charge in [0.25, 0.3) is 5.91 Å². The van der Waals surface area contributed by atoms with E-state index in [9.17, 15) is 9.18 Å². The molecular weight excluding hydrogens is 371 g/mol. The molecule has 0 aromatic heterocycles. The lowest BCUT2D eigenvalue weighted by molar-refractivity contribution is 0.0633. The van der Waals surface area contributed by atoms with Gasteiger partial charge in [0.15, 0.2) is 11.5 Å². The highest BCUT2D eigenvalue weighted by Gasteiger charge is 2.29. The molecule has 0 aliphatic carbocycles. The fourth-order valence-corrected chi connectivity index (χ4v) is 3.42. The Bertz CT molecular complexity index is 818. The van der Waals surface area contributed by atoms with Crippen molar-refractivity contribution in [3.63, 3.8) is 0 Å². The molecule has 0 bridgehead atoms. The molecule has 27 heavy (non-hydrogen) atoms. The first kappa shape index (κ1) is 19.5. The minimum Gasteiger partial charge on any atom is -0.490 e. The molecule has 1 atom stereocenters. The number of piperazine rings is 1. The molecule has 1 unspecified atom stereocenters. The summed E-state index contributed by atoms with van der Waals surface area (Å²) in [6.07, 6.45) is 0.817. The summed E-state index contributed by atoms with van der Waals surface area (Å²) in [5.41, 5.74) is 1.34. The number of halogens is 2. The molecule has 0 saturated carbocycles. The van der Waals surface area contributed by atoms with Crippen LogP contribution in [0.15, 0.2) is 42.5 Å². The Morgan fingerprint density at radius 3 is 2.74 bits per heavy atom. The molecule has 2 heterocycles. The van der Waals surface area contributed by atoms with Crippen LogP contribution in [0.1, 0.15) is 28.4 Å². The van der Waals surface area contributed by atoms with Crippen LogP contribution in [0.5, 0.6) is 11.5 Å². The molecule has 2 aliphatic rings. The summed E-state index contributed by atoms with van der Waals surface area (Å²) < 4.78 is 25.0. The quantitative estimate of drug-likeness (QED) is 0.852. The molecule has 1 fully saturated rings. The summed E-state index contributed by atoms with van der Waals surface area (Å²) in [5.74, 6) is 0.888. The molecule has 5 nitrogen and oxygen atoms in total. The first-order valence-corrected chi connectivity index (χ1v) is 8.89. The van der Waals surface area contributed by atoms with E-state index < -0.39 is 0 Å². The van der Waals surface area contributed by atoms with Gasteiger partial charge in [-0.1, -0.05) is 12.1 Å². The zero-order valence-electron chi connectivity index (χ0n) is 14.8. The third-order valence-corrected chi connectivity index (χ3v) is 4.73. The number of carbonyl (C=O) groups excluding carboxylic acids is 1. The monoisotopic (exact) mass is 392 g/mol. The van der Waals surface area contributed by atoms with Crippen molar-refractivity contribution in [2.75, 3.05) is 32.8 Å². The Labute approximate surface area is 163 Å². The molecule has 1 N–H and O–H groups in total. The van der Waals surface area contributed by atoms with E-state index in [1.807, 2.05) is 6.07 Å². The van der Waals surface area contributed by atoms with Crippen LogP contribution in [-0.4, -0.2) is 43.7 Å². The van der Waals surface area contributed by atoms with Crippen LogP contribution in [0.3, 0.4) is 0 Å². The number of hydrogen-bond acceptors (Lipinski definition) is 4. The molecule has 2 aliphatic heterocycles. The third kappa shape index (κ3) is 4.17. The highest BCUT2D eigenvalue weighted by atomic mass is 35.5. The number of ether oxygens (including phenoxy) is 2. The summed E-state index contributed by atoms with van der Waals surface area (Å²) in [6.45, 7) is 3.06. The number of fused-ring (bicyclic) bond motifs is 1. The minimum atomic E-state index is -0.295. The average Bonchev–Trinajstić information content (AvgIpc) is 2.92. The van der Waals surface area contributed by atoms with Gasteiger partial charge in [-0.25, -0.2) is 4.39 Å². The summed E-state index contributed by atoms with van der Waals surface area (Å²) in [7, 11) is 0. The lowest BCUT2D eigenvalue weighted by atomic mass is 10.0. The Kier molecular flexibility index (Phi) is 6.19. The van der Waals surface area contributed by atoms with E-state index in [0.717, 1.165) is 12.0 Å². The standard InChI is InChI=1S/C20H21FN2O3.ClH/c21-16-4-1-3-14(11-16)17-13-22-7-8-23(17)20(24)15-5-6-18-19(12-15)26-10-2-9-25-18;/h1,3-6,11-12,17,22H,2,7-10,13H2;1H. The molecule has 7 heteroatoms. The number of nitrogens with one attached hydrogen (secondary N) is 1. The summed E-state index contributed by atoms with van der Waals surface area (Å²) >= 11 is 0. The van der Waals surface area contributed by atoms with Gasteiger partial charge in [0.1, 0.15) is 5.82 Å². The van der Waals surface area contributed by atoms with Crippen molar-refractivity contribution in [1.29, 1.82) is 0 Å². The number of carbonyl (C=O) groups is 1. The van der Waals surface area contributed by atoms with Crippen molar-refractivity contribution in [2.45, 2.75) is 12.5 Å². The van der Waals surface area contributed by atoms with Crippen LogP contribution in [0.4, 0.5) is 4.39 Å². The molecule has 144 valence electrons. The van der Waals surface area contributed by atoms with Crippen molar-refractivity contribution >= 4 is 18.3 Å². The SMILES string of the molecule is Cl.O=C(c1ccc2c(c1)OCCCO2)N1CCNCC1c1cccc(F)c1. The smallest absolute Gasteiger partial charge is 0.254 e. The molecule has 1 amide bonds. The van der Waals surface area contributed by atoms with Gasteiger partial charge in [-0.3, -0.25) is 4.79 Å². The lowest BCUT2D eigenvalue weighted by Gasteiger charge is -2.36. The van der Waals surface area contributed by atoms with Crippen LogP contribution in [0.25, 0.3) is 0 Å². The topological polar surface area (TPSA) is 50.8 Å². The average molecular weight is 393 g/mol. The zero-order chi connectivity index (χ0) is 17.9. The van der Waals surface area contributed by atoms with E-state index in [2.05, 4.69) is 5.32 Å². The maximum absolute atomic E-state index is 13.6. The maximum Gasteiger partial charge on any atom is 0.254 e. The van der Waals surface area contributed by atoms with E-state index in [4.69, 9.17) is 9.47 Å². The van der Waals surface area contributed by atoms with Gasteiger partial charge in [-0.05, 0) is 35.9 Å². The minimum absolute atomic E-state index is 0. The summed E-state index contributed by atoms with van der Waals surface area (Å²) in [5, 5.41) is 3.29. The first-order valence-electron chi connectivity index (χ1n) is 8.89. The second kappa shape index (κ2) is 8.59. The molecule has 2 aromatic carbocycles. The number of rotatable bonds is 2. The highest BCUT2D eigenvalue weighted by Crippen LogP contribution is 2.32. The molecular formula is C20H22ClFN2O3. The van der Waals surface area contributed by atoms with Crippen LogP contribution >= 0.6 is 12.4 Å². The van der Waals surface area contributed by atoms with Crippen LogP contribution in [0.2, 0.25) is 0 Å². The van der Waals surface area contributed by atoms with Crippen molar-refractivity contribution in [3.8, 4) is 11.5 Å². The normalized spacial score (nSPS) is 19.0. The second-order valence-corrected chi connectivity index (χ2v) is 6.49. The van der Waals surface area contributed by atoms with Crippen molar-refractivity contribution < 1.29 is 18.7 Å². The number of nitrogens with zero attached hydrogens (tertiary/aromatic N) is 1. The molecule has 1 saturated heterocycles. The fourth-order valence-electron chi connectivity index (χ4n) is 3.42. The lowest BCUT2D eigenvalue weighted by Crippen LogP contribution is -2.48. The van der Waals surface area contributed by atoms with E-state index >= 15 is 0 Å². The Balaban J connectivity index is 0.00000210. The molecule has 0 radical (unpaired) electrons. The number of hydrogen-bond donors (Lipinski definition) is 1. The number of benzene rings is 2. The Hall–Kier alpha value is -2.31. The predicted molar refractivity (Wildman–Crippen MR) is 102 cm³/mol. The van der Waals surface area contributed by atoms with Crippen LogP contribution < -0.4 is 14.8 Å². The van der Waals surface area contributed by atoms with Gasteiger partial charge < -0.3 is 19.7 Å². The Morgan fingerprint density at radius 2 is 1.93 bits per heavy atom. The van der Waals surface area contributed by atoms with Crippen molar-refractivity contribution in [1.82, 2.24) is 10.2 Å². The van der Waals surface area contributed by atoms with Crippen molar-refractivity contribution in [2.24, 2.45) is 0 Å². The highest BCUT2D eigenvalue weighted by molar-refractivity contribution is 5.95. The predicted octanol–water partition coefficient (Wildman–Crippen LogP) is 3.20. The van der Waals surface area contributed by atoms with E-state index in [0.29, 0.717) is 49.9 Å². The zero-order valence-corrected chi connectivity index (χ0v) is 15.6. The van der Waals surface area contributed by atoms with Gasteiger partial charge >= 0.3 is 0 Å². The molecule has 2 aromatic rings. The van der Waals surface area contributed by atoms with E-state index in [-0.39, 0.29) is 30.2 Å². The summed E-state index contributed by atoms with van der Waals surface area (Å²) in [4.78, 5) is 14.9. The molecule has 4 rings (SSSR count). The fraction of sp³-hybridized carbons (Fsp3) is 0.350. The van der Waals surface area contributed by atoms with Gasteiger partial charge in [-0.2, -0.15) is 0 Å². The van der Waals surface area contributed by atoms with Crippen LogP contribution in [-0.2, 0) is 0 Å². The third-order valence-electron chi connectivity index (χ3n) is 4.73. The largest absolute Gasteiger partial charge is 0.490 e. The Morgan fingerprint density at radius 1 is 1.11 bits per heavy atom. The van der Waals surface area contributed by atoms with E-state index in [1.165, 1.54) is 12.1 Å².